The summed E-state index contributed by atoms with van der Waals surface area (Å²) >= 11 is 1.62. The van der Waals surface area contributed by atoms with E-state index in [1.165, 1.54) is 57.0 Å². The Labute approximate surface area is 118 Å². The topological polar surface area (TPSA) is 32.3 Å². The van der Waals surface area contributed by atoms with Gasteiger partial charge in [-0.15, -0.1) is 0 Å². The predicted octanol–water partition coefficient (Wildman–Crippen LogP) is 1.95. The van der Waals surface area contributed by atoms with Crippen molar-refractivity contribution in [2.75, 3.05) is 31.1 Å². The SMILES string of the molecule is C1CC1c1nsc(N2CC3CN(C4CC4)CC3C2)n1. The molecule has 3 heterocycles. The van der Waals surface area contributed by atoms with Gasteiger partial charge in [0.25, 0.3) is 0 Å². The molecule has 2 unspecified atom stereocenters. The molecule has 2 aliphatic heterocycles. The number of hydrogen-bond donors (Lipinski definition) is 0. The number of hydrogen-bond acceptors (Lipinski definition) is 5. The molecule has 0 spiro atoms. The van der Waals surface area contributed by atoms with Crippen molar-refractivity contribution in [2.24, 2.45) is 11.8 Å². The highest BCUT2D eigenvalue weighted by atomic mass is 32.1. The van der Waals surface area contributed by atoms with Gasteiger partial charge in [-0.3, -0.25) is 4.90 Å². The maximum Gasteiger partial charge on any atom is 0.205 e. The molecule has 0 amide bonds. The molecule has 5 heteroatoms. The standard InChI is InChI=1S/C14H20N4S/c1-2-9(1)13-15-14(19-16-13)18-7-10-5-17(12-3-4-12)6-11(10)8-18/h9-12H,1-8H2. The van der Waals surface area contributed by atoms with Crippen molar-refractivity contribution in [2.45, 2.75) is 37.6 Å². The van der Waals surface area contributed by atoms with Crippen molar-refractivity contribution >= 4 is 16.7 Å². The van der Waals surface area contributed by atoms with E-state index in [1.54, 1.807) is 11.5 Å². The fourth-order valence-electron chi connectivity index (χ4n) is 3.79. The Kier molecular flexibility index (Phi) is 2.27. The highest BCUT2D eigenvalue weighted by Gasteiger charge is 2.45. The minimum Gasteiger partial charge on any atom is -0.346 e. The largest absolute Gasteiger partial charge is 0.346 e. The van der Waals surface area contributed by atoms with Gasteiger partial charge in [0, 0.05) is 49.7 Å². The second-order valence-corrected chi connectivity index (χ2v) is 7.55. The summed E-state index contributed by atoms with van der Waals surface area (Å²) in [4.78, 5) is 10.0. The van der Waals surface area contributed by atoms with Gasteiger partial charge in [-0.05, 0) is 37.5 Å². The molecule has 5 rings (SSSR count). The second kappa shape index (κ2) is 3.92. The van der Waals surface area contributed by atoms with Gasteiger partial charge in [-0.2, -0.15) is 4.37 Å². The zero-order valence-corrected chi connectivity index (χ0v) is 12.0. The third-order valence-corrected chi connectivity index (χ3v) is 6.01. The van der Waals surface area contributed by atoms with Crippen molar-refractivity contribution in [1.29, 1.82) is 0 Å². The quantitative estimate of drug-likeness (QED) is 0.844. The Morgan fingerprint density at radius 2 is 1.68 bits per heavy atom. The van der Waals surface area contributed by atoms with Crippen molar-refractivity contribution in [3.63, 3.8) is 0 Å². The van der Waals surface area contributed by atoms with Crippen molar-refractivity contribution in [3.8, 4) is 0 Å². The molecule has 1 aromatic heterocycles. The van der Waals surface area contributed by atoms with E-state index >= 15 is 0 Å². The van der Waals surface area contributed by atoms with E-state index in [4.69, 9.17) is 4.98 Å². The summed E-state index contributed by atoms with van der Waals surface area (Å²) < 4.78 is 4.55. The minimum absolute atomic E-state index is 0.692. The average Bonchev–Trinajstić information content (AvgIpc) is 3.30. The first-order valence-corrected chi connectivity index (χ1v) is 8.47. The number of anilines is 1. The lowest BCUT2D eigenvalue weighted by Crippen LogP contribution is -2.30. The highest BCUT2D eigenvalue weighted by molar-refractivity contribution is 7.09. The van der Waals surface area contributed by atoms with Crippen LogP contribution in [0.4, 0.5) is 5.13 Å². The van der Waals surface area contributed by atoms with Gasteiger partial charge < -0.3 is 4.90 Å². The van der Waals surface area contributed by atoms with E-state index in [1.807, 2.05) is 0 Å². The van der Waals surface area contributed by atoms with Crippen LogP contribution in [0.2, 0.25) is 0 Å². The molecule has 4 fully saturated rings. The number of likely N-dealkylation sites (tertiary alicyclic amines) is 1. The molecular formula is C14H20N4S. The van der Waals surface area contributed by atoms with Crippen LogP contribution in [0.5, 0.6) is 0 Å². The molecule has 2 atom stereocenters. The van der Waals surface area contributed by atoms with E-state index < -0.39 is 0 Å². The van der Waals surface area contributed by atoms with Crippen LogP contribution in [0.15, 0.2) is 0 Å². The van der Waals surface area contributed by atoms with E-state index in [0.717, 1.165) is 23.7 Å². The first-order valence-electron chi connectivity index (χ1n) is 7.69. The molecule has 4 aliphatic rings. The first-order chi connectivity index (χ1) is 9.37. The van der Waals surface area contributed by atoms with E-state index in [-0.39, 0.29) is 0 Å². The summed E-state index contributed by atoms with van der Waals surface area (Å²) in [6, 6.07) is 0.946. The maximum atomic E-state index is 4.77. The van der Waals surface area contributed by atoms with Crippen LogP contribution in [0.25, 0.3) is 0 Å². The molecule has 0 aromatic carbocycles. The lowest BCUT2D eigenvalue weighted by molar-refractivity contribution is 0.306. The smallest absolute Gasteiger partial charge is 0.205 e. The van der Waals surface area contributed by atoms with Crippen LogP contribution in [-0.2, 0) is 0 Å². The number of rotatable bonds is 3. The fourth-order valence-corrected chi connectivity index (χ4v) is 4.55. The molecular weight excluding hydrogens is 256 g/mol. The van der Waals surface area contributed by atoms with E-state index in [9.17, 15) is 0 Å². The van der Waals surface area contributed by atoms with Gasteiger partial charge in [0.1, 0.15) is 5.82 Å². The van der Waals surface area contributed by atoms with Crippen LogP contribution in [-0.4, -0.2) is 46.5 Å². The number of fused-ring (bicyclic) bond motifs is 1. The Hall–Kier alpha value is -0.680. The monoisotopic (exact) mass is 276 g/mol. The zero-order chi connectivity index (χ0) is 12.4. The van der Waals surface area contributed by atoms with Crippen LogP contribution in [0.3, 0.4) is 0 Å². The molecule has 1 aromatic rings. The van der Waals surface area contributed by atoms with Crippen LogP contribution >= 0.6 is 11.5 Å². The lowest BCUT2D eigenvalue weighted by Gasteiger charge is -2.20. The van der Waals surface area contributed by atoms with Gasteiger partial charge in [0.2, 0.25) is 5.13 Å². The molecule has 0 N–H and O–H groups in total. The van der Waals surface area contributed by atoms with Gasteiger partial charge in [0.15, 0.2) is 0 Å². The molecule has 0 radical (unpaired) electrons. The van der Waals surface area contributed by atoms with Crippen molar-refractivity contribution in [3.05, 3.63) is 5.82 Å². The Balaban J connectivity index is 1.28. The Morgan fingerprint density at radius 3 is 2.32 bits per heavy atom. The summed E-state index contributed by atoms with van der Waals surface area (Å²) in [6.07, 6.45) is 5.50. The summed E-state index contributed by atoms with van der Waals surface area (Å²) in [7, 11) is 0. The van der Waals surface area contributed by atoms with E-state index in [0.29, 0.717) is 5.92 Å². The highest BCUT2D eigenvalue weighted by Crippen LogP contribution is 2.42. The summed E-state index contributed by atoms with van der Waals surface area (Å²) in [5.41, 5.74) is 0. The van der Waals surface area contributed by atoms with Crippen molar-refractivity contribution in [1.82, 2.24) is 14.3 Å². The molecule has 0 bridgehead atoms. The molecule has 2 saturated heterocycles. The predicted molar refractivity (Wildman–Crippen MR) is 75.7 cm³/mol. The Morgan fingerprint density at radius 1 is 0.947 bits per heavy atom. The van der Waals surface area contributed by atoms with Gasteiger partial charge >= 0.3 is 0 Å². The maximum absolute atomic E-state index is 4.77. The minimum atomic E-state index is 0.692. The summed E-state index contributed by atoms with van der Waals surface area (Å²) in [5.74, 6) is 3.58. The molecule has 102 valence electrons. The van der Waals surface area contributed by atoms with Gasteiger partial charge in [-0.25, -0.2) is 4.98 Å². The lowest BCUT2D eigenvalue weighted by atomic mass is 10.0. The normalized spacial score (nSPS) is 35.1. The number of nitrogens with zero attached hydrogens (tertiary/aromatic N) is 4. The van der Waals surface area contributed by atoms with E-state index in [2.05, 4.69) is 14.2 Å². The summed E-state index contributed by atoms with van der Waals surface area (Å²) in [5, 5.41) is 1.19. The molecule has 2 aliphatic carbocycles. The fraction of sp³-hybridized carbons (Fsp3) is 0.857. The first kappa shape index (κ1) is 11.0. The molecule has 4 nitrogen and oxygen atoms in total. The number of aromatic nitrogens is 2. The molecule has 19 heavy (non-hydrogen) atoms. The van der Waals surface area contributed by atoms with Crippen molar-refractivity contribution < 1.29 is 0 Å². The van der Waals surface area contributed by atoms with Crippen LogP contribution in [0.1, 0.15) is 37.4 Å². The van der Waals surface area contributed by atoms with Crippen LogP contribution in [0, 0.1) is 11.8 Å². The van der Waals surface area contributed by atoms with Crippen LogP contribution < -0.4 is 4.90 Å². The summed E-state index contributed by atoms with van der Waals surface area (Å²) in [6.45, 7) is 5.10. The molecule has 2 saturated carbocycles. The third-order valence-electron chi connectivity index (χ3n) is 5.22. The second-order valence-electron chi connectivity index (χ2n) is 6.82. The Bertz CT molecular complexity index is 479. The average molecular weight is 276 g/mol. The van der Waals surface area contributed by atoms with Gasteiger partial charge in [-0.1, -0.05) is 0 Å². The van der Waals surface area contributed by atoms with Gasteiger partial charge in [0.05, 0.1) is 0 Å². The zero-order valence-electron chi connectivity index (χ0n) is 11.2. The third kappa shape index (κ3) is 1.89.